The normalized spacial score (nSPS) is 13.5. The van der Waals surface area contributed by atoms with E-state index in [9.17, 15) is 4.79 Å². The van der Waals surface area contributed by atoms with Gasteiger partial charge in [-0.25, -0.2) is 4.79 Å². The lowest BCUT2D eigenvalue weighted by Crippen LogP contribution is -2.10. The number of benzene rings is 4. The summed E-state index contributed by atoms with van der Waals surface area (Å²) in [4.78, 5) is 18.4. The Morgan fingerprint density at radius 1 is 0.630 bits per heavy atom. The maximum atomic E-state index is 12.7. The van der Waals surface area contributed by atoms with Crippen molar-refractivity contribution < 1.29 is 23.8 Å². The lowest BCUT2D eigenvalue weighted by atomic mass is 10.0. The fourth-order valence-corrected chi connectivity index (χ4v) is 6.59. The SMILES string of the molecule is CCCCCCCCOc1ccc(C2=NOC(CCCCOC(=O)c3ccc(C#Cc4ccc5cc(OCCCCCCCC)ccc5c4)cc3)C2)cc1. The molecule has 1 aliphatic rings. The lowest BCUT2D eigenvalue weighted by Gasteiger charge is -2.09. The molecule has 1 atom stereocenters. The van der Waals surface area contributed by atoms with E-state index in [1.807, 2.05) is 36.4 Å². The number of rotatable bonds is 23. The van der Waals surface area contributed by atoms with Crippen LogP contribution in [0, 0.1) is 11.8 Å². The molecule has 1 unspecified atom stereocenters. The van der Waals surface area contributed by atoms with Crippen LogP contribution < -0.4 is 9.47 Å². The van der Waals surface area contributed by atoms with Crippen molar-refractivity contribution in [2.45, 2.75) is 123 Å². The first-order chi connectivity index (χ1) is 26.6. The molecule has 1 heterocycles. The summed E-state index contributed by atoms with van der Waals surface area (Å²) in [6, 6.07) is 27.9. The molecule has 0 aliphatic carbocycles. The molecule has 4 aromatic carbocycles. The Kier molecular flexibility index (Phi) is 17.3. The summed E-state index contributed by atoms with van der Waals surface area (Å²) in [5.41, 5.74) is 4.35. The van der Waals surface area contributed by atoms with Gasteiger partial charge >= 0.3 is 5.97 Å². The van der Waals surface area contributed by atoms with Crippen LogP contribution in [0.4, 0.5) is 0 Å². The Balaban J connectivity index is 0.952. The maximum absolute atomic E-state index is 12.7. The summed E-state index contributed by atoms with van der Waals surface area (Å²) in [6.07, 6.45) is 18.4. The fraction of sp³-hybridized carbons (Fsp3) is 0.458. The summed E-state index contributed by atoms with van der Waals surface area (Å²) >= 11 is 0. The number of hydrogen-bond donors (Lipinski definition) is 0. The number of fused-ring (bicyclic) bond motifs is 1. The van der Waals surface area contributed by atoms with Gasteiger partial charge in [-0.05, 0) is 121 Å². The second kappa shape index (κ2) is 23.1. The van der Waals surface area contributed by atoms with E-state index in [1.165, 1.54) is 64.2 Å². The zero-order valence-corrected chi connectivity index (χ0v) is 32.6. The van der Waals surface area contributed by atoms with Gasteiger partial charge in [0.25, 0.3) is 0 Å². The van der Waals surface area contributed by atoms with Crippen LogP contribution in [0.1, 0.15) is 144 Å². The predicted octanol–water partition coefficient (Wildman–Crippen LogP) is 12.2. The van der Waals surface area contributed by atoms with Gasteiger partial charge < -0.3 is 19.0 Å². The van der Waals surface area contributed by atoms with Crippen molar-refractivity contribution in [3.8, 4) is 23.3 Å². The Hall–Kier alpha value is -4.76. The molecule has 0 bridgehead atoms. The van der Waals surface area contributed by atoms with Crippen LogP contribution in [-0.4, -0.2) is 37.6 Å². The second-order valence-corrected chi connectivity index (χ2v) is 14.4. The second-order valence-electron chi connectivity index (χ2n) is 14.4. The fourth-order valence-electron chi connectivity index (χ4n) is 6.59. The number of unbranched alkanes of at least 4 members (excludes halogenated alkanes) is 11. The van der Waals surface area contributed by atoms with Crippen LogP contribution in [0.3, 0.4) is 0 Å². The molecule has 1 aliphatic heterocycles. The van der Waals surface area contributed by atoms with Gasteiger partial charge in [0, 0.05) is 17.5 Å². The number of ether oxygens (including phenoxy) is 3. The third-order valence-electron chi connectivity index (χ3n) is 9.89. The highest BCUT2D eigenvalue weighted by atomic mass is 16.6. The largest absolute Gasteiger partial charge is 0.494 e. The van der Waals surface area contributed by atoms with E-state index in [2.05, 4.69) is 67.2 Å². The Labute approximate surface area is 323 Å². The highest BCUT2D eigenvalue weighted by Crippen LogP contribution is 2.24. The third kappa shape index (κ3) is 13.9. The van der Waals surface area contributed by atoms with Crippen LogP contribution in [-0.2, 0) is 9.57 Å². The highest BCUT2D eigenvalue weighted by Gasteiger charge is 2.22. The van der Waals surface area contributed by atoms with Crippen molar-refractivity contribution in [3.63, 3.8) is 0 Å². The van der Waals surface area contributed by atoms with E-state index >= 15 is 0 Å². The van der Waals surface area contributed by atoms with E-state index in [0.29, 0.717) is 12.2 Å². The van der Waals surface area contributed by atoms with Gasteiger partial charge in [-0.2, -0.15) is 0 Å². The minimum Gasteiger partial charge on any atom is -0.494 e. The maximum Gasteiger partial charge on any atom is 0.338 e. The van der Waals surface area contributed by atoms with Gasteiger partial charge in [0.1, 0.15) is 17.6 Å². The van der Waals surface area contributed by atoms with Crippen LogP contribution in [0.15, 0.2) is 90.1 Å². The summed E-state index contributed by atoms with van der Waals surface area (Å²) in [5.74, 6) is 7.98. The molecular formula is C48H59NO5. The first kappa shape index (κ1) is 40.4. The summed E-state index contributed by atoms with van der Waals surface area (Å²) < 4.78 is 17.5. The van der Waals surface area contributed by atoms with Crippen molar-refractivity contribution in [2.24, 2.45) is 5.16 Å². The van der Waals surface area contributed by atoms with E-state index in [0.717, 1.165) is 96.4 Å². The molecule has 54 heavy (non-hydrogen) atoms. The molecule has 0 aromatic heterocycles. The Morgan fingerprint density at radius 3 is 1.93 bits per heavy atom. The predicted molar refractivity (Wildman–Crippen MR) is 221 cm³/mol. The number of hydrogen-bond acceptors (Lipinski definition) is 6. The number of carbonyl (C=O) groups is 1. The molecule has 0 amide bonds. The number of nitrogens with zero attached hydrogens (tertiary/aromatic N) is 1. The quantitative estimate of drug-likeness (QED) is 0.0432. The minimum absolute atomic E-state index is 0.0505. The zero-order chi connectivity index (χ0) is 37.6. The number of oxime groups is 1. The molecular weight excluding hydrogens is 671 g/mol. The number of esters is 1. The molecule has 0 spiro atoms. The van der Waals surface area contributed by atoms with Gasteiger partial charge in [0.05, 0.1) is 31.1 Å². The smallest absolute Gasteiger partial charge is 0.338 e. The molecule has 5 rings (SSSR count). The monoisotopic (exact) mass is 729 g/mol. The molecule has 286 valence electrons. The Morgan fingerprint density at radius 2 is 1.20 bits per heavy atom. The molecule has 0 N–H and O–H groups in total. The molecule has 0 radical (unpaired) electrons. The van der Waals surface area contributed by atoms with Crippen LogP contribution in [0.25, 0.3) is 10.8 Å². The first-order valence-corrected chi connectivity index (χ1v) is 20.5. The minimum atomic E-state index is -0.318. The van der Waals surface area contributed by atoms with Gasteiger partial charge in [-0.1, -0.05) is 107 Å². The van der Waals surface area contributed by atoms with Crippen LogP contribution >= 0.6 is 0 Å². The van der Waals surface area contributed by atoms with E-state index in [4.69, 9.17) is 19.0 Å². The zero-order valence-electron chi connectivity index (χ0n) is 32.6. The van der Waals surface area contributed by atoms with Gasteiger partial charge in [0.2, 0.25) is 0 Å². The number of carbonyl (C=O) groups excluding carboxylic acids is 1. The van der Waals surface area contributed by atoms with Crippen molar-refractivity contribution >= 4 is 22.5 Å². The van der Waals surface area contributed by atoms with Crippen molar-refractivity contribution in [1.82, 2.24) is 0 Å². The summed E-state index contributed by atoms with van der Waals surface area (Å²) in [5, 5.41) is 6.61. The van der Waals surface area contributed by atoms with Gasteiger partial charge in [0.15, 0.2) is 0 Å². The molecule has 0 saturated carbocycles. The third-order valence-corrected chi connectivity index (χ3v) is 9.89. The van der Waals surface area contributed by atoms with E-state index in [-0.39, 0.29) is 12.1 Å². The highest BCUT2D eigenvalue weighted by molar-refractivity contribution is 6.01. The standard InChI is InChI=1S/C48H59NO5/c1-3-5-7-9-11-14-32-51-44-29-26-40(27-30-44)47-37-46(54-49-47)17-13-16-34-53-48(50)41-23-20-38(21-24-41)18-19-39-22-25-43-36-45(31-28-42(43)35-39)52-33-15-12-10-8-6-4-2/h20-31,35-36,46H,3-17,32-34,37H2,1-2H3. The molecule has 6 heteroatoms. The van der Waals surface area contributed by atoms with Gasteiger partial charge in [-0.15, -0.1) is 0 Å². The van der Waals surface area contributed by atoms with Crippen molar-refractivity contribution in [1.29, 1.82) is 0 Å². The van der Waals surface area contributed by atoms with Crippen molar-refractivity contribution in [2.75, 3.05) is 19.8 Å². The summed E-state index contributed by atoms with van der Waals surface area (Å²) in [7, 11) is 0. The average Bonchev–Trinajstić information content (AvgIpc) is 3.68. The average molecular weight is 730 g/mol. The lowest BCUT2D eigenvalue weighted by molar-refractivity contribution is 0.0481. The first-order valence-electron chi connectivity index (χ1n) is 20.5. The van der Waals surface area contributed by atoms with E-state index < -0.39 is 0 Å². The molecule has 4 aromatic rings. The van der Waals surface area contributed by atoms with E-state index in [1.54, 1.807) is 12.1 Å². The molecule has 6 nitrogen and oxygen atoms in total. The van der Waals surface area contributed by atoms with Crippen molar-refractivity contribution in [3.05, 3.63) is 107 Å². The summed E-state index contributed by atoms with van der Waals surface area (Å²) in [6.45, 7) is 6.38. The van der Waals surface area contributed by atoms with Gasteiger partial charge in [-0.3, -0.25) is 0 Å². The van der Waals surface area contributed by atoms with Crippen LogP contribution in [0.5, 0.6) is 11.5 Å². The molecule has 0 fully saturated rings. The van der Waals surface area contributed by atoms with Crippen LogP contribution in [0.2, 0.25) is 0 Å². The molecule has 0 saturated heterocycles. The topological polar surface area (TPSA) is 66.3 Å². The Bertz CT molecular complexity index is 1800.